The quantitative estimate of drug-likeness (QED) is 0.925. The summed E-state index contributed by atoms with van der Waals surface area (Å²) in [6.45, 7) is 12.6. The second-order valence-electron chi connectivity index (χ2n) is 5.58. The lowest BCUT2D eigenvalue weighted by Crippen LogP contribution is -2.38. The third-order valence-electron chi connectivity index (χ3n) is 3.99. The van der Waals surface area contributed by atoms with Crippen molar-refractivity contribution < 1.29 is 0 Å². The number of nitrogens with zero attached hydrogens (tertiary/aromatic N) is 3. The Morgan fingerprint density at radius 2 is 2.16 bits per heavy atom. The van der Waals surface area contributed by atoms with Gasteiger partial charge in [0, 0.05) is 31.7 Å². The molecule has 0 radical (unpaired) electrons. The minimum Gasteiger partial charge on any atom is -0.313 e. The Balaban J connectivity index is 2.19. The lowest BCUT2D eigenvalue weighted by atomic mass is 10.2. The molecule has 0 aliphatic carbocycles. The Labute approximate surface area is 121 Å². The standard InChI is InChI=1S/C14H25ClN4/c1-5-19-13(14(15)12(4)17-19)9-18-8-10(2)16-7-6-11(18)3/h10-11,16H,5-9H2,1-4H3. The van der Waals surface area contributed by atoms with E-state index in [0.717, 1.165) is 42.6 Å². The first kappa shape index (κ1) is 14.8. The number of aryl methyl sites for hydroxylation is 2. The maximum Gasteiger partial charge on any atom is 0.0860 e. The van der Waals surface area contributed by atoms with E-state index in [0.29, 0.717) is 12.1 Å². The minimum absolute atomic E-state index is 0.530. The van der Waals surface area contributed by atoms with E-state index < -0.39 is 0 Å². The van der Waals surface area contributed by atoms with Gasteiger partial charge in [0.15, 0.2) is 0 Å². The van der Waals surface area contributed by atoms with E-state index in [1.54, 1.807) is 0 Å². The van der Waals surface area contributed by atoms with Crippen molar-refractivity contribution >= 4 is 11.6 Å². The van der Waals surface area contributed by atoms with Crippen molar-refractivity contribution in [2.75, 3.05) is 13.1 Å². The zero-order valence-corrected chi connectivity index (χ0v) is 13.2. The number of nitrogens with one attached hydrogen (secondary N) is 1. The van der Waals surface area contributed by atoms with Crippen LogP contribution in [0, 0.1) is 6.92 Å². The molecule has 2 unspecified atom stereocenters. The summed E-state index contributed by atoms with van der Waals surface area (Å²) in [6.07, 6.45) is 1.18. The normalized spacial score (nSPS) is 25.5. The van der Waals surface area contributed by atoms with Crippen LogP contribution in [0.3, 0.4) is 0 Å². The first-order valence-electron chi connectivity index (χ1n) is 7.22. The highest BCUT2D eigenvalue weighted by Gasteiger charge is 2.23. The summed E-state index contributed by atoms with van der Waals surface area (Å²) in [5.74, 6) is 0. The molecule has 4 nitrogen and oxygen atoms in total. The number of hydrogen-bond acceptors (Lipinski definition) is 3. The van der Waals surface area contributed by atoms with Gasteiger partial charge in [0.25, 0.3) is 0 Å². The maximum absolute atomic E-state index is 6.41. The summed E-state index contributed by atoms with van der Waals surface area (Å²) < 4.78 is 2.04. The highest BCUT2D eigenvalue weighted by Crippen LogP contribution is 2.23. The molecule has 1 N–H and O–H groups in total. The SMILES string of the molecule is CCn1nc(C)c(Cl)c1CN1CC(C)NCCC1C. The van der Waals surface area contributed by atoms with Gasteiger partial charge in [-0.25, -0.2) is 0 Å². The van der Waals surface area contributed by atoms with Crippen molar-refractivity contribution in [1.82, 2.24) is 20.0 Å². The van der Waals surface area contributed by atoms with Crippen LogP contribution in [0.15, 0.2) is 0 Å². The second-order valence-corrected chi connectivity index (χ2v) is 5.96. The third-order valence-corrected chi connectivity index (χ3v) is 4.48. The first-order valence-corrected chi connectivity index (χ1v) is 7.60. The van der Waals surface area contributed by atoms with E-state index in [2.05, 4.69) is 36.1 Å². The highest BCUT2D eigenvalue weighted by molar-refractivity contribution is 6.31. The van der Waals surface area contributed by atoms with Gasteiger partial charge in [-0.1, -0.05) is 11.6 Å². The summed E-state index contributed by atoms with van der Waals surface area (Å²) in [5, 5.41) is 8.88. The number of hydrogen-bond donors (Lipinski definition) is 1. The molecule has 19 heavy (non-hydrogen) atoms. The second kappa shape index (κ2) is 6.25. The van der Waals surface area contributed by atoms with Gasteiger partial charge in [-0.2, -0.15) is 5.10 Å². The van der Waals surface area contributed by atoms with Gasteiger partial charge < -0.3 is 5.32 Å². The van der Waals surface area contributed by atoms with E-state index in [1.807, 2.05) is 11.6 Å². The van der Waals surface area contributed by atoms with E-state index in [4.69, 9.17) is 11.6 Å². The molecule has 5 heteroatoms. The van der Waals surface area contributed by atoms with E-state index in [-0.39, 0.29) is 0 Å². The van der Waals surface area contributed by atoms with E-state index >= 15 is 0 Å². The molecule has 0 spiro atoms. The molecule has 0 amide bonds. The van der Waals surface area contributed by atoms with Crippen molar-refractivity contribution in [2.45, 2.75) is 59.3 Å². The van der Waals surface area contributed by atoms with Crippen molar-refractivity contribution in [1.29, 1.82) is 0 Å². The number of halogens is 1. The fraction of sp³-hybridized carbons (Fsp3) is 0.786. The lowest BCUT2D eigenvalue weighted by Gasteiger charge is -2.28. The van der Waals surface area contributed by atoms with Crippen molar-refractivity contribution in [3.8, 4) is 0 Å². The van der Waals surface area contributed by atoms with Gasteiger partial charge in [0.05, 0.1) is 16.4 Å². The summed E-state index contributed by atoms with van der Waals surface area (Å²) in [7, 11) is 0. The molecule has 0 aromatic carbocycles. The van der Waals surface area contributed by atoms with Gasteiger partial charge in [0.2, 0.25) is 0 Å². The fourth-order valence-corrected chi connectivity index (χ4v) is 2.95. The van der Waals surface area contributed by atoms with Crippen molar-refractivity contribution in [3.63, 3.8) is 0 Å². The van der Waals surface area contributed by atoms with Crippen molar-refractivity contribution in [3.05, 3.63) is 16.4 Å². The van der Waals surface area contributed by atoms with Crippen LogP contribution < -0.4 is 5.32 Å². The molecule has 1 aromatic rings. The molecule has 1 aliphatic heterocycles. The van der Waals surface area contributed by atoms with E-state index in [1.165, 1.54) is 6.42 Å². The van der Waals surface area contributed by atoms with Gasteiger partial charge in [0.1, 0.15) is 0 Å². The van der Waals surface area contributed by atoms with Gasteiger partial charge in [-0.3, -0.25) is 9.58 Å². The zero-order valence-electron chi connectivity index (χ0n) is 12.4. The number of rotatable bonds is 3. The molecule has 0 bridgehead atoms. The van der Waals surface area contributed by atoms with Crippen LogP contribution in [0.25, 0.3) is 0 Å². The Kier molecular flexibility index (Phi) is 4.87. The van der Waals surface area contributed by atoms with Crippen molar-refractivity contribution in [2.24, 2.45) is 0 Å². The predicted octanol–water partition coefficient (Wildman–Crippen LogP) is 2.44. The van der Waals surface area contributed by atoms with Crippen LogP contribution in [0.4, 0.5) is 0 Å². The smallest absolute Gasteiger partial charge is 0.0860 e. The Morgan fingerprint density at radius 3 is 2.84 bits per heavy atom. The Bertz CT molecular complexity index is 429. The highest BCUT2D eigenvalue weighted by atomic mass is 35.5. The molecule has 2 atom stereocenters. The Morgan fingerprint density at radius 1 is 1.42 bits per heavy atom. The largest absolute Gasteiger partial charge is 0.313 e. The van der Waals surface area contributed by atoms with Gasteiger partial charge >= 0.3 is 0 Å². The zero-order chi connectivity index (χ0) is 14.0. The maximum atomic E-state index is 6.41. The Hall–Kier alpha value is -0.580. The predicted molar refractivity (Wildman–Crippen MR) is 79.6 cm³/mol. The summed E-state index contributed by atoms with van der Waals surface area (Å²) >= 11 is 6.41. The van der Waals surface area contributed by atoms with Crippen LogP contribution >= 0.6 is 11.6 Å². The summed E-state index contributed by atoms with van der Waals surface area (Å²) in [4.78, 5) is 2.51. The van der Waals surface area contributed by atoms with E-state index in [9.17, 15) is 0 Å². The molecule has 2 heterocycles. The van der Waals surface area contributed by atoms with Crippen LogP contribution in [0.2, 0.25) is 5.02 Å². The molecular weight excluding hydrogens is 260 g/mol. The average molecular weight is 285 g/mol. The third kappa shape index (κ3) is 3.30. The van der Waals surface area contributed by atoms with Crippen LogP contribution in [-0.4, -0.2) is 39.9 Å². The average Bonchev–Trinajstić information content (AvgIpc) is 2.54. The summed E-state index contributed by atoms with van der Waals surface area (Å²) in [5.41, 5.74) is 2.09. The van der Waals surface area contributed by atoms with Gasteiger partial charge in [-0.15, -0.1) is 0 Å². The molecule has 1 saturated heterocycles. The fourth-order valence-electron chi connectivity index (χ4n) is 2.75. The molecule has 2 rings (SSSR count). The van der Waals surface area contributed by atoms with Crippen LogP contribution in [0.5, 0.6) is 0 Å². The summed E-state index contributed by atoms with van der Waals surface area (Å²) in [6, 6.07) is 1.11. The van der Waals surface area contributed by atoms with Gasteiger partial charge in [-0.05, 0) is 40.7 Å². The molecular formula is C14H25ClN4. The monoisotopic (exact) mass is 284 g/mol. The lowest BCUT2D eigenvalue weighted by molar-refractivity contribution is 0.193. The number of aromatic nitrogens is 2. The molecule has 1 aromatic heterocycles. The van der Waals surface area contributed by atoms with Crippen LogP contribution in [0.1, 0.15) is 38.6 Å². The van der Waals surface area contributed by atoms with Crippen LogP contribution in [-0.2, 0) is 13.1 Å². The first-order chi connectivity index (χ1) is 9.02. The molecule has 1 aliphatic rings. The molecule has 0 saturated carbocycles. The molecule has 1 fully saturated rings. The minimum atomic E-state index is 0.530. The topological polar surface area (TPSA) is 33.1 Å². The molecule has 108 valence electrons.